The summed E-state index contributed by atoms with van der Waals surface area (Å²) in [5, 5.41) is 0. The molecule has 0 unspecified atom stereocenters. The van der Waals surface area contributed by atoms with Gasteiger partial charge < -0.3 is 0 Å². The maximum absolute atomic E-state index is 2.35. The predicted octanol–water partition coefficient (Wildman–Crippen LogP) is 2.44. The smallest absolute Gasteiger partial charge is 0.142 e. The van der Waals surface area contributed by atoms with Crippen LogP contribution in [0.3, 0.4) is 0 Å². The highest BCUT2D eigenvalue weighted by Gasteiger charge is 1.99. The Morgan fingerprint density at radius 1 is 0.909 bits per heavy atom. The van der Waals surface area contributed by atoms with E-state index in [2.05, 4.69) is 17.8 Å². The fraction of sp³-hybridized carbons (Fsp3) is 0.900. The Balaban J connectivity index is 2.27. The Hall–Kier alpha value is -0.330. The molecular formula is C10H20N+. The lowest BCUT2D eigenvalue weighted by Crippen LogP contribution is -2.09. The van der Waals surface area contributed by atoms with E-state index in [4.69, 9.17) is 0 Å². The molecule has 0 radical (unpaired) electrons. The minimum absolute atomic E-state index is 1.26. The summed E-state index contributed by atoms with van der Waals surface area (Å²) >= 11 is 0. The monoisotopic (exact) mass is 154 g/mol. The summed E-state index contributed by atoms with van der Waals surface area (Å²) < 4.78 is 2.35. The molecule has 1 heteroatoms. The molecule has 0 bridgehead atoms. The lowest BCUT2D eigenvalue weighted by atomic mass is 10.1. The SMILES string of the molecule is C[N+]1=CCCCCCCCC1. The molecule has 0 fully saturated rings. The summed E-state index contributed by atoms with van der Waals surface area (Å²) in [6.45, 7) is 1.26. The average molecular weight is 154 g/mol. The third-order valence-electron chi connectivity index (χ3n) is 2.41. The molecule has 0 saturated carbocycles. The first kappa shape index (κ1) is 8.76. The van der Waals surface area contributed by atoms with Gasteiger partial charge in [0.05, 0.1) is 0 Å². The molecule has 1 rings (SSSR count). The zero-order valence-electron chi connectivity index (χ0n) is 7.68. The molecule has 0 amide bonds. The first-order chi connectivity index (χ1) is 5.39. The van der Waals surface area contributed by atoms with E-state index in [0.29, 0.717) is 0 Å². The van der Waals surface area contributed by atoms with Crippen molar-refractivity contribution in [3.63, 3.8) is 0 Å². The third kappa shape index (κ3) is 4.18. The summed E-state index contributed by atoms with van der Waals surface area (Å²) in [6.07, 6.45) is 12.2. The van der Waals surface area contributed by atoms with Gasteiger partial charge in [-0.05, 0) is 12.8 Å². The second kappa shape index (κ2) is 5.34. The fourth-order valence-electron chi connectivity index (χ4n) is 1.62. The lowest BCUT2D eigenvalue weighted by Gasteiger charge is -2.02. The molecule has 1 nitrogen and oxygen atoms in total. The Morgan fingerprint density at radius 2 is 1.55 bits per heavy atom. The van der Waals surface area contributed by atoms with E-state index in [1.807, 2.05) is 0 Å². The average Bonchev–Trinajstić information content (AvgIpc) is 2.03. The van der Waals surface area contributed by atoms with Crippen LogP contribution < -0.4 is 0 Å². The number of hydrogen-bond donors (Lipinski definition) is 0. The van der Waals surface area contributed by atoms with Gasteiger partial charge in [0, 0.05) is 12.8 Å². The van der Waals surface area contributed by atoms with Gasteiger partial charge in [0.15, 0.2) is 0 Å². The van der Waals surface area contributed by atoms with Gasteiger partial charge in [-0.25, -0.2) is 4.58 Å². The van der Waals surface area contributed by atoms with Crippen LogP contribution in [0.2, 0.25) is 0 Å². The van der Waals surface area contributed by atoms with Crippen molar-refractivity contribution in [2.45, 2.75) is 44.9 Å². The van der Waals surface area contributed by atoms with Crippen molar-refractivity contribution in [3.05, 3.63) is 0 Å². The molecule has 0 aromatic heterocycles. The Morgan fingerprint density at radius 3 is 2.36 bits per heavy atom. The Bertz CT molecular complexity index is 127. The van der Waals surface area contributed by atoms with Gasteiger partial charge in [0.1, 0.15) is 19.8 Å². The van der Waals surface area contributed by atoms with Crippen LogP contribution in [-0.2, 0) is 0 Å². The Kier molecular flexibility index (Phi) is 4.25. The lowest BCUT2D eigenvalue weighted by molar-refractivity contribution is -0.494. The second-order valence-electron chi connectivity index (χ2n) is 3.57. The van der Waals surface area contributed by atoms with E-state index < -0.39 is 0 Å². The van der Waals surface area contributed by atoms with Crippen molar-refractivity contribution >= 4 is 6.21 Å². The summed E-state index contributed by atoms with van der Waals surface area (Å²) in [6, 6.07) is 0. The maximum atomic E-state index is 2.35. The van der Waals surface area contributed by atoms with Crippen molar-refractivity contribution < 1.29 is 4.58 Å². The van der Waals surface area contributed by atoms with Gasteiger partial charge in [-0.2, -0.15) is 0 Å². The summed E-state index contributed by atoms with van der Waals surface area (Å²) in [5.74, 6) is 0. The van der Waals surface area contributed by atoms with Gasteiger partial charge in [0.2, 0.25) is 0 Å². The second-order valence-corrected chi connectivity index (χ2v) is 3.57. The van der Waals surface area contributed by atoms with Gasteiger partial charge in [0.25, 0.3) is 0 Å². The first-order valence-corrected chi connectivity index (χ1v) is 4.93. The van der Waals surface area contributed by atoms with E-state index in [9.17, 15) is 0 Å². The molecule has 11 heavy (non-hydrogen) atoms. The highest BCUT2D eigenvalue weighted by Crippen LogP contribution is 2.07. The molecule has 1 heterocycles. The van der Waals surface area contributed by atoms with Crippen molar-refractivity contribution in [2.24, 2.45) is 0 Å². The molecule has 1 aliphatic heterocycles. The topological polar surface area (TPSA) is 3.01 Å². The minimum atomic E-state index is 1.26. The number of rotatable bonds is 0. The van der Waals surface area contributed by atoms with Crippen molar-refractivity contribution in [3.8, 4) is 0 Å². The molecule has 64 valence electrons. The van der Waals surface area contributed by atoms with E-state index in [1.165, 1.54) is 51.5 Å². The first-order valence-electron chi connectivity index (χ1n) is 4.93. The van der Waals surface area contributed by atoms with E-state index in [-0.39, 0.29) is 0 Å². The fourth-order valence-corrected chi connectivity index (χ4v) is 1.62. The minimum Gasteiger partial charge on any atom is -0.242 e. The van der Waals surface area contributed by atoms with Crippen LogP contribution in [0, 0.1) is 0 Å². The number of hydrogen-bond acceptors (Lipinski definition) is 0. The van der Waals surface area contributed by atoms with Crippen LogP contribution in [0.5, 0.6) is 0 Å². The zero-order valence-corrected chi connectivity index (χ0v) is 7.68. The number of nitrogens with zero attached hydrogens (tertiary/aromatic N) is 1. The van der Waals surface area contributed by atoms with Gasteiger partial charge in [-0.15, -0.1) is 0 Å². The maximum Gasteiger partial charge on any atom is 0.142 e. The molecular weight excluding hydrogens is 134 g/mol. The molecule has 1 aliphatic rings. The molecule has 0 saturated heterocycles. The summed E-state index contributed by atoms with van der Waals surface area (Å²) in [5.41, 5.74) is 0. The van der Waals surface area contributed by atoms with Crippen LogP contribution in [0.25, 0.3) is 0 Å². The van der Waals surface area contributed by atoms with E-state index >= 15 is 0 Å². The summed E-state index contributed by atoms with van der Waals surface area (Å²) in [4.78, 5) is 0. The summed E-state index contributed by atoms with van der Waals surface area (Å²) in [7, 11) is 2.20. The molecule has 0 spiro atoms. The van der Waals surface area contributed by atoms with Crippen molar-refractivity contribution in [2.75, 3.05) is 13.6 Å². The normalized spacial score (nSPS) is 22.5. The molecule has 0 aliphatic carbocycles. The standard InChI is InChI=1S/C10H20N/c1-11-9-7-5-3-2-4-6-8-10-11/h9H,2-8,10H2,1H3/q+1. The third-order valence-corrected chi connectivity index (χ3v) is 2.41. The molecule has 0 aromatic rings. The van der Waals surface area contributed by atoms with Crippen LogP contribution in [0.1, 0.15) is 44.9 Å². The Labute approximate surface area is 70.1 Å². The highest BCUT2D eigenvalue weighted by molar-refractivity contribution is 5.50. The van der Waals surface area contributed by atoms with Crippen LogP contribution >= 0.6 is 0 Å². The molecule has 0 aromatic carbocycles. The largest absolute Gasteiger partial charge is 0.242 e. The van der Waals surface area contributed by atoms with Crippen LogP contribution in [0.15, 0.2) is 0 Å². The predicted molar refractivity (Wildman–Crippen MR) is 49.4 cm³/mol. The van der Waals surface area contributed by atoms with Gasteiger partial charge >= 0.3 is 0 Å². The van der Waals surface area contributed by atoms with Crippen molar-refractivity contribution in [1.29, 1.82) is 0 Å². The van der Waals surface area contributed by atoms with E-state index in [0.717, 1.165) is 0 Å². The highest BCUT2D eigenvalue weighted by atomic mass is 14.9. The van der Waals surface area contributed by atoms with Gasteiger partial charge in [-0.1, -0.05) is 19.3 Å². The quantitative estimate of drug-likeness (QED) is 0.471. The molecule has 0 N–H and O–H groups in total. The van der Waals surface area contributed by atoms with Gasteiger partial charge in [-0.3, -0.25) is 0 Å². The van der Waals surface area contributed by atoms with E-state index in [1.54, 1.807) is 0 Å². The van der Waals surface area contributed by atoms with Crippen LogP contribution in [0.4, 0.5) is 0 Å². The van der Waals surface area contributed by atoms with Crippen LogP contribution in [-0.4, -0.2) is 24.4 Å². The van der Waals surface area contributed by atoms with Crippen molar-refractivity contribution in [1.82, 2.24) is 0 Å². The zero-order chi connectivity index (χ0) is 7.94. The molecule has 0 atom stereocenters.